The second kappa shape index (κ2) is 10.2. The summed E-state index contributed by atoms with van der Waals surface area (Å²) in [5.74, 6) is -0.716. The maximum Gasteiger partial charge on any atom is 0.273 e. The van der Waals surface area contributed by atoms with E-state index in [9.17, 15) is 14.7 Å². The van der Waals surface area contributed by atoms with Gasteiger partial charge < -0.3 is 15.7 Å². The van der Waals surface area contributed by atoms with E-state index in [-0.39, 0.29) is 23.1 Å². The number of phenolic OH excluding ortho intramolecular Hbond substituents is 1. The highest BCUT2D eigenvalue weighted by atomic mass is 16.3. The van der Waals surface area contributed by atoms with E-state index >= 15 is 0 Å². The molecule has 4 aromatic rings. The lowest BCUT2D eigenvalue weighted by molar-refractivity contribution is -0.115. The molecule has 0 fully saturated rings. The molecular formula is C31H31N5O3. The third kappa shape index (κ3) is 5.75. The lowest BCUT2D eigenvalue weighted by Gasteiger charge is -2.22. The number of anilines is 2. The normalized spacial score (nSPS) is 14.9. The summed E-state index contributed by atoms with van der Waals surface area (Å²) in [6, 6.07) is 22.1. The second-order valence-electron chi connectivity index (χ2n) is 10.8. The van der Waals surface area contributed by atoms with Crippen LogP contribution in [0.25, 0.3) is 0 Å². The van der Waals surface area contributed by atoms with E-state index in [1.165, 1.54) is 0 Å². The van der Waals surface area contributed by atoms with E-state index in [0.29, 0.717) is 23.5 Å². The number of aromatic nitrogens is 2. The topological polar surface area (TPSA) is 109 Å². The maximum atomic E-state index is 13.0. The number of amides is 2. The van der Waals surface area contributed by atoms with Crippen LogP contribution in [0.2, 0.25) is 0 Å². The Kier molecular flexibility index (Phi) is 6.78. The summed E-state index contributed by atoms with van der Waals surface area (Å²) in [5, 5.41) is 20.0. The Bertz CT molecular complexity index is 1580. The number of aliphatic imine (C=N–C) groups is 1. The number of benzene rings is 3. The molecule has 2 heterocycles. The van der Waals surface area contributed by atoms with Crippen LogP contribution in [0.5, 0.6) is 5.75 Å². The highest BCUT2D eigenvalue weighted by molar-refractivity contribution is 6.12. The maximum absolute atomic E-state index is 13.0. The summed E-state index contributed by atoms with van der Waals surface area (Å²) in [5.41, 5.74) is 6.07. The Morgan fingerprint density at radius 2 is 1.82 bits per heavy atom. The molecule has 8 nitrogen and oxygen atoms in total. The standard InChI is InChI=1S/C31H31N5O3/c1-19-14-28(36(35-19)31(2,3)4)30(39)33-22-11-8-20(9-12-22)15-21-10-13-27-25(16-21)26(29(38)34-27)18-32-23-6-5-7-24(37)17-23/h5-14,16-18,26,37H,15H2,1-4H3,(H,33,39)(H,34,38). The molecule has 1 aliphatic rings. The Morgan fingerprint density at radius 3 is 2.54 bits per heavy atom. The summed E-state index contributed by atoms with van der Waals surface area (Å²) >= 11 is 0. The van der Waals surface area contributed by atoms with Crippen LogP contribution in [0.1, 0.15) is 59.6 Å². The molecule has 1 aromatic heterocycles. The Hall–Kier alpha value is -4.72. The zero-order valence-electron chi connectivity index (χ0n) is 22.4. The quantitative estimate of drug-likeness (QED) is 0.273. The van der Waals surface area contributed by atoms with Gasteiger partial charge in [0.25, 0.3) is 5.91 Å². The van der Waals surface area contributed by atoms with Gasteiger partial charge in [0.1, 0.15) is 17.4 Å². The zero-order valence-corrected chi connectivity index (χ0v) is 22.4. The van der Waals surface area contributed by atoms with Crippen LogP contribution in [0.15, 0.2) is 77.8 Å². The van der Waals surface area contributed by atoms with Crippen LogP contribution in [0.3, 0.4) is 0 Å². The number of hydrogen-bond donors (Lipinski definition) is 3. The van der Waals surface area contributed by atoms with Gasteiger partial charge in [0.05, 0.1) is 16.9 Å². The minimum Gasteiger partial charge on any atom is -0.508 e. The van der Waals surface area contributed by atoms with Gasteiger partial charge in [0.2, 0.25) is 5.91 Å². The van der Waals surface area contributed by atoms with Crippen LogP contribution >= 0.6 is 0 Å². The molecule has 1 aliphatic heterocycles. The number of nitrogens with one attached hydrogen (secondary N) is 2. The largest absolute Gasteiger partial charge is 0.508 e. The first-order valence-electron chi connectivity index (χ1n) is 12.8. The van der Waals surface area contributed by atoms with Gasteiger partial charge in [-0.3, -0.25) is 19.3 Å². The zero-order chi connectivity index (χ0) is 27.7. The highest BCUT2D eigenvalue weighted by Crippen LogP contribution is 2.33. The third-order valence-corrected chi connectivity index (χ3v) is 6.51. The van der Waals surface area contributed by atoms with Crippen LogP contribution in [0.4, 0.5) is 17.1 Å². The fraction of sp³-hybridized carbons (Fsp3) is 0.226. The van der Waals surface area contributed by atoms with Crippen molar-refractivity contribution >= 4 is 35.1 Å². The Balaban J connectivity index is 1.28. The smallest absolute Gasteiger partial charge is 0.273 e. The monoisotopic (exact) mass is 521 g/mol. The van der Waals surface area contributed by atoms with Crippen molar-refractivity contribution in [2.45, 2.75) is 45.6 Å². The van der Waals surface area contributed by atoms with E-state index in [2.05, 4.69) is 20.7 Å². The number of carbonyl (C=O) groups is 2. The fourth-order valence-corrected chi connectivity index (χ4v) is 4.64. The molecule has 8 heteroatoms. The number of hydrogen-bond acceptors (Lipinski definition) is 5. The van der Waals surface area contributed by atoms with Crippen molar-refractivity contribution in [3.8, 4) is 5.75 Å². The molecule has 1 atom stereocenters. The fourth-order valence-electron chi connectivity index (χ4n) is 4.64. The highest BCUT2D eigenvalue weighted by Gasteiger charge is 2.29. The summed E-state index contributed by atoms with van der Waals surface area (Å²) in [6.07, 6.45) is 2.28. The Morgan fingerprint density at radius 1 is 1.08 bits per heavy atom. The van der Waals surface area contributed by atoms with Crippen LogP contribution in [-0.4, -0.2) is 32.9 Å². The number of aromatic hydroxyl groups is 1. The molecule has 0 saturated heterocycles. The average molecular weight is 522 g/mol. The minimum atomic E-state index is -0.509. The molecule has 2 amide bonds. The van der Waals surface area contributed by atoms with Gasteiger partial charge in [-0.15, -0.1) is 0 Å². The van der Waals surface area contributed by atoms with E-state index in [0.717, 1.165) is 28.1 Å². The first-order valence-corrected chi connectivity index (χ1v) is 12.8. The van der Waals surface area contributed by atoms with Crippen molar-refractivity contribution in [1.82, 2.24) is 9.78 Å². The first-order chi connectivity index (χ1) is 18.6. The van der Waals surface area contributed by atoms with Crippen molar-refractivity contribution in [2.24, 2.45) is 4.99 Å². The van der Waals surface area contributed by atoms with Crippen LogP contribution in [-0.2, 0) is 16.8 Å². The summed E-state index contributed by atoms with van der Waals surface area (Å²) in [6.45, 7) is 7.92. The van der Waals surface area contributed by atoms with Crippen molar-refractivity contribution in [3.05, 3.63) is 101 Å². The van der Waals surface area contributed by atoms with Crippen molar-refractivity contribution in [1.29, 1.82) is 0 Å². The molecule has 0 radical (unpaired) electrons. The molecule has 0 aliphatic carbocycles. The number of phenols is 1. The first kappa shape index (κ1) is 25.9. The number of rotatable bonds is 6. The van der Waals surface area contributed by atoms with Gasteiger partial charge in [-0.05, 0) is 87.2 Å². The van der Waals surface area contributed by atoms with Gasteiger partial charge in [-0.25, -0.2) is 0 Å². The Labute approximate surface area is 227 Å². The molecule has 3 aromatic carbocycles. The molecule has 39 heavy (non-hydrogen) atoms. The summed E-state index contributed by atoms with van der Waals surface area (Å²) < 4.78 is 1.75. The summed E-state index contributed by atoms with van der Waals surface area (Å²) in [4.78, 5) is 30.0. The van der Waals surface area contributed by atoms with Crippen molar-refractivity contribution in [2.75, 3.05) is 10.6 Å². The van der Waals surface area contributed by atoms with Gasteiger partial charge >= 0.3 is 0 Å². The van der Waals surface area contributed by atoms with Crippen LogP contribution < -0.4 is 10.6 Å². The second-order valence-corrected chi connectivity index (χ2v) is 10.8. The minimum absolute atomic E-state index is 0.125. The number of fused-ring (bicyclic) bond motifs is 1. The molecule has 0 saturated carbocycles. The molecular weight excluding hydrogens is 490 g/mol. The number of nitrogens with zero attached hydrogens (tertiary/aromatic N) is 3. The van der Waals surface area contributed by atoms with E-state index in [4.69, 9.17) is 0 Å². The van der Waals surface area contributed by atoms with E-state index in [1.54, 1.807) is 41.2 Å². The predicted octanol–water partition coefficient (Wildman–Crippen LogP) is 5.93. The van der Waals surface area contributed by atoms with Gasteiger partial charge in [0.15, 0.2) is 0 Å². The predicted molar refractivity (Wildman–Crippen MR) is 153 cm³/mol. The number of aryl methyl sites for hydroxylation is 1. The molecule has 1 unspecified atom stereocenters. The van der Waals surface area contributed by atoms with E-state index < -0.39 is 5.92 Å². The lowest BCUT2D eigenvalue weighted by atomic mass is 9.96. The summed E-state index contributed by atoms with van der Waals surface area (Å²) in [7, 11) is 0. The average Bonchev–Trinajstić information content (AvgIpc) is 3.43. The van der Waals surface area contributed by atoms with Gasteiger partial charge in [-0.2, -0.15) is 5.10 Å². The molecule has 0 spiro atoms. The SMILES string of the molecule is Cc1cc(C(=O)Nc2ccc(Cc3ccc4c(c3)C(C=Nc3cccc(O)c3)C(=O)N4)cc2)n(C(C)(C)C)n1. The molecule has 0 bridgehead atoms. The van der Waals surface area contributed by atoms with Gasteiger partial charge in [-0.1, -0.05) is 30.3 Å². The molecule has 198 valence electrons. The lowest BCUT2D eigenvalue weighted by Crippen LogP contribution is -2.29. The van der Waals surface area contributed by atoms with Gasteiger partial charge in [0, 0.05) is 23.7 Å². The molecule has 3 N–H and O–H groups in total. The van der Waals surface area contributed by atoms with E-state index in [1.807, 2.05) is 70.2 Å². The van der Waals surface area contributed by atoms with Crippen molar-refractivity contribution < 1.29 is 14.7 Å². The number of carbonyl (C=O) groups excluding carboxylic acids is 2. The molecule has 5 rings (SSSR count). The third-order valence-electron chi connectivity index (χ3n) is 6.51. The van der Waals surface area contributed by atoms with Crippen molar-refractivity contribution in [3.63, 3.8) is 0 Å². The van der Waals surface area contributed by atoms with Crippen LogP contribution in [0, 0.1) is 6.92 Å².